The second-order valence-corrected chi connectivity index (χ2v) is 7.87. The Bertz CT molecular complexity index is 1300. The zero-order valence-electron chi connectivity index (χ0n) is 18.3. The monoisotopic (exact) mass is 447 g/mol. The number of phenolic OH excluding ortho intramolecular Hbond substituents is 1. The molecule has 4 rings (SSSR count). The van der Waals surface area contributed by atoms with Crippen LogP contribution in [0.5, 0.6) is 11.5 Å². The van der Waals surface area contributed by atoms with E-state index in [1.165, 1.54) is 36.3 Å². The highest BCUT2D eigenvalue weighted by Gasteiger charge is 2.47. The van der Waals surface area contributed by atoms with Crippen LogP contribution in [0.25, 0.3) is 5.76 Å². The Morgan fingerprint density at radius 2 is 1.67 bits per heavy atom. The number of benzene rings is 3. The third kappa shape index (κ3) is 3.82. The normalized spacial score (nSPS) is 17.5. The minimum Gasteiger partial charge on any atom is -0.508 e. The maximum absolute atomic E-state index is 14.0. The van der Waals surface area contributed by atoms with Gasteiger partial charge in [-0.25, -0.2) is 4.39 Å². The molecule has 168 valence electrons. The van der Waals surface area contributed by atoms with Crippen LogP contribution in [0, 0.1) is 19.7 Å². The maximum Gasteiger partial charge on any atom is 0.300 e. The van der Waals surface area contributed by atoms with Crippen molar-refractivity contribution < 1.29 is 28.9 Å². The van der Waals surface area contributed by atoms with E-state index in [-0.39, 0.29) is 22.6 Å². The number of hydrogen-bond acceptors (Lipinski definition) is 5. The Morgan fingerprint density at radius 1 is 0.970 bits per heavy atom. The lowest BCUT2D eigenvalue weighted by Gasteiger charge is -2.26. The van der Waals surface area contributed by atoms with E-state index >= 15 is 0 Å². The topological polar surface area (TPSA) is 87.1 Å². The molecule has 1 aliphatic heterocycles. The number of rotatable bonds is 4. The fraction of sp³-hybridized carbons (Fsp3) is 0.154. The van der Waals surface area contributed by atoms with E-state index in [4.69, 9.17) is 4.74 Å². The second kappa shape index (κ2) is 8.43. The molecule has 1 fully saturated rings. The SMILES string of the molecule is COc1ccc(F)cc1/C(O)=C1\C(=O)C(=O)N(c2ccc(C)c(C)c2)C1c1ccc(O)cc1. The molecule has 0 radical (unpaired) electrons. The molecule has 7 heteroatoms. The van der Waals surface area contributed by atoms with Crippen LogP contribution < -0.4 is 9.64 Å². The highest BCUT2D eigenvalue weighted by Crippen LogP contribution is 2.43. The molecule has 0 saturated carbocycles. The highest BCUT2D eigenvalue weighted by atomic mass is 19.1. The summed E-state index contributed by atoms with van der Waals surface area (Å²) in [5.41, 5.74) is 2.66. The van der Waals surface area contributed by atoms with Gasteiger partial charge in [0.1, 0.15) is 23.1 Å². The van der Waals surface area contributed by atoms with E-state index < -0.39 is 29.3 Å². The zero-order valence-corrected chi connectivity index (χ0v) is 18.3. The van der Waals surface area contributed by atoms with Crippen molar-refractivity contribution in [1.82, 2.24) is 0 Å². The number of nitrogens with zero attached hydrogens (tertiary/aromatic N) is 1. The highest BCUT2D eigenvalue weighted by molar-refractivity contribution is 6.51. The first-order chi connectivity index (χ1) is 15.7. The second-order valence-electron chi connectivity index (χ2n) is 7.87. The molecule has 1 heterocycles. The van der Waals surface area contributed by atoms with Crippen LogP contribution >= 0.6 is 0 Å². The van der Waals surface area contributed by atoms with Crippen molar-refractivity contribution in [3.8, 4) is 11.5 Å². The van der Waals surface area contributed by atoms with Crippen LogP contribution in [0.4, 0.5) is 10.1 Å². The van der Waals surface area contributed by atoms with Crippen molar-refractivity contribution in [2.75, 3.05) is 12.0 Å². The lowest BCUT2D eigenvalue weighted by Crippen LogP contribution is -2.29. The third-order valence-corrected chi connectivity index (χ3v) is 5.84. The lowest BCUT2D eigenvalue weighted by atomic mass is 9.94. The van der Waals surface area contributed by atoms with Crippen molar-refractivity contribution >= 4 is 23.1 Å². The number of amides is 1. The summed E-state index contributed by atoms with van der Waals surface area (Å²) >= 11 is 0. The van der Waals surface area contributed by atoms with Crippen LogP contribution in [0.15, 0.2) is 66.2 Å². The summed E-state index contributed by atoms with van der Waals surface area (Å²) in [5.74, 6) is -2.76. The molecule has 0 spiro atoms. The molecule has 3 aromatic carbocycles. The van der Waals surface area contributed by atoms with Gasteiger partial charge in [-0.1, -0.05) is 18.2 Å². The molecule has 0 bridgehead atoms. The van der Waals surface area contributed by atoms with Crippen molar-refractivity contribution in [3.63, 3.8) is 0 Å². The van der Waals surface area contributed by atoms with Crippen LogP contribution in [0.1, 0.15) is 28.3 Å². The number of methoxy groups -OCH3 is 1. The fourth-order valence-corrected chi connectivity index (χ4v) is 3.96. The number of Topliss-reactive ketones (excluding diaryl/α,β-unsaturated/α-hetero) is 1. The molecule has 2 N–H and O–H groups in total. The van der Waals surface area contributed by atoms with Crippen molar-refractivity contribution in [2.24, 2.45) is 0 Å². The number of aryl methyl sites for hydroxylation is 2. The van der Waals surface area contributed by atoms with Crippen molar-refractivity contribution in [2.45, 2.75) is 19.9 Å². The summed E-state index contributed by atoms with van der Waals surface area (Å²) in [5, 5.41) is 20.9. The molecule has 0 aliphatic carbocycles. The number of ether oxygens (including phenoxy) is 1. The molecule has 1 aliphatic rings. The van der Waals surface area contributed by atoms with Crippen LogP contribution in [0.2, 0.25) is 0 Å². The quantitative estimate of drug-likeness (QED) is 0.341. The lowest BCUT2D eigenvalue weighted by molar-refractivity contribution is -0.132. The summed E-state index contributed by atoms with van der Waals surface area (Å²) in [4.78, 5) is 27.7. The van der Waals surface area contributed by atoms with E-state index in [1.54, 1.807) is 24.3 Å². The molecule has 33 heavy (non-hydrogen) atoms. The number of carbonyl (C=O) groups excluding carboxylic acids is 2. The van der Waals surface area contributed by atoms with Gasteiger partial charge in [-0.15, -0.1) is 0 Å². The first-order valence-electron chi connectivity index (χ1n) is 10.2. The predicted molar refractivity (Wildman–Crippen MR) is 122 cm³/mol. The van der Waals surface area contributed by atoms with E-state index in [9.17, 15) is 24.2 Å². The van der Waals surface area contributed by atoms with Gasteiger partial charge in [0.05, 0.1) is 24.3 Å². The Morgan fingerprint density at radius 3 is 2.30 bits per heavy atom. The number of aliphatic hydroxyl groups excluding tert-OH is 1. The Hall–Kier alpha value is -4.13. The number of aromatic hydroxyl groups is 1. The Balaban J connectivity index is 1.99. The van der Waals surface area contributed by atoms with E-state index in [0.29, 0.717) is 11.3 Å². The van der Waals surface area contributed by atoms with Gasteiger partial charge in [0, 0.05) is 5.69 Å². The van der Waals surface area contributed by atoms with Gasteiger partial charge >= 0.3 is 0 Å². The zero-order chi connectivity index (χ0) is 23.9. The molecule has 1 amide bonds. The van der Waals surface area contributed by atoms with E-state index in [1.807, 2.05) is 19.9 Å². The van der Waals surface area contributed by atoms with Gasteiger partial charge < -0.3 is 14.9 Å². The molecule has 3 aromatic rings. The van der Waals surface area contributed by atoms with E-state index in [0.717, 1.165) is 17.2 Å². The summed E-state index contributed by atoms with van der Waals surface area (Å²) in [6.07, 6.45) is 0. The fourth-order valence-electron chi connectivity index (χ4n) is 3.96. The largest absolute Gasteiger partial charge is 0.508 e. The van der Waals surface area contributed by atoms with Gasteiger partial charge in [0.25, 0.3) is 11.7 Å². The van der Waals surface area contributed by atoms with Crippen LogP contribution in [0.3, 0.4) is 0 Å². The number of halogens is 1. The molecular weight excluding hydrogens is 425 g/mol. The predicted octanol–water partition coefficient (Wildman–Crippen LogP) is 4.78. The van der Waals surface area contributed by atoms with Crippen molar-refractivity contribution in [3.05, 3.63) is 94.3 Å². The molecular formula is C26H22FNO5. The summed E-state index contributed by atoms with van der Waals surface area (Å²) in [6, 6.07) is 13.9. The maximum atomic E-state index is 14.0. The van der Waals surface area contributed by atoms with E-state index in [2.05, 4.69) is 0 Å². The van der Waals surface area contributed by atoms with Crippen LogP contribution in [-0.2, 0) is 9.59 Å². The van der Waals surface area contributed by atoms with Gasteiger partial charge in [0.2, 0.25) is 0 Å². The Kier molecular flexibility index (Phi) is 5.64. The molecule has 0 aromatic heterocycles. The molecule has 1 unspecified atom stereocenters. The Labute approximate surface area is 190 Å². The van der Waals surface area contributed by atoms with Crippen molar-refractivity contribution in [1.29, 1.82) is 0 Å². The number of ketones is 1. The minimum absolute atomic E-state index is 0.00804. The first-order valence-corrected chi connectivity index (χ1v) is 10.2. The number of carbonyl (C=O) groups is 2. The van der Waals surface area contributed by atoms with Gasteiger partial charge in [-0.05, 0) is 73.0 Å². The van der Waals surface area contributed by atoms with Gasteiger partial charge in [-0.3, -0.25) is 14.5 Å². The molecule has 1 atom stereocenters. The van der Waals surface area contributed by atoms with Crippen LogP contribution in [-0.4, -0.2) is 29.0 Å². The third-order valence-electron chi connectivity index (χ3n) is 5.84. The number of hydrogen-bond donors (Lipinski definition) is 2. The average Bonchev–Trinajstić information content (AvgIpc) is 3.06. The molecule has 1 saturated heterocycles. The number of anilines is 1. The van der Waals surface area contributed by atoms with Gasteiger partial charge in [-0.2, -0.15) is 0 Å². The first kappa shape index (κ1) is 22.1. The number of aliphatic hydroxyl groups is 1. The summed E-state index contributed by atoms with van der Waals surface area (Å²) < 4.78 is 19.3. The summed E-state index contributed by atoms with van der Waals surface area (Å²) in [7, 11) is 1.36. The smallest absolute Gasteiger partial charge is 0.300 e. The number of phenols is 1. The van der Waals surface area contributed by atoms with Gasteiger partial charge in [0.15, 0.2) is 0 Å². The average molecular weight is 447 g/mol. The summed E-state index contributed by atoms with van der Waals surface area (Å²) in [6.45, 7) is 3.82. The molecule has 6 nitrogen and oxygen atoms in total. The standard InChI is InChI=1S/C26H22FNO5/c1-14-4-8-18(12-15(14)2)28-23(16-5-9-19(29)10-6-16)22(25(31)26(28)32)24(30)20-13-17(27)7-11-21(20)33-3/h4-13,23,29-30H,1-3H3/b24-22+. The minimum atomic E-state index is -0.999.